The molecule has 0 bridgehead atoms. The summed E-state index contributed by atoms with van der Waals surface area (Å²) in [6, 6.07) is 5.48. The van der Waals surface area contributed by atoms with E-state index >= 15 is 0 Å². The van der Waals surface area contributed by atoms with Crippen LogP contribution < -0.4 is 5.56 Å². The molecule has 5 nitrogen and oxygen atoms in total. The van der Waals surface area contributed by atoms with Crippen LogP contribution in [-0.4, -0.2) is 22.6 Å². The van der Waals surface area contributed by atoms with Crippen molar-refractivity contribution in [3.05, 3.63) is 46.0 Å². The molecule has 5 heteroatoms. The molecule has 1 aromatic heterocycles. The van der Waals surface area contributed by atoms with Gasteiger partial charge in [0.25, 0.3) is 5.56 Å². The maximum Gasteiger partial charge on any atom is 0.315 e. The summed E-state index contributed by atoms with van der Waals surface area (Å²) in [5.41, 5.74) is 0.802. The normalized spacial score (nSPS) is 12.0. The maximum atomic E-state index is 12.3. The first-order valence-electron chi connectivity index (χ1n) is 7.57. The van der Waals surface area contributed by atoms with Crippen LogP contribution in [0, 0.1) is 5.41 Å². The Labute approximate surface area is 135 Å². The van der Waals surface area contributed by atoms with Crippen molar-refractivity contribution in [1.29, 1.82) is 0 Å². The Hall–Kier alpha value is -2.43. The number of aryl methyl sites for hydroxylation is 1. The lowest BCUT2D eigenvalue weighted by atomic mass is 9.92. The number of fused-ring (bicyclic) bond motifs is 1. The number of nitrogens with zero attached hydrogens (tertiary/aromatic N) is 2. The highest BCUT2D eigenvalue weighted by molar-refractivity contribution is 5.82. The maximum absolute atomic E-state index is 12.3. The second-order valence-corrected chi connectivity index (χ2v) is 6.07. The van der Waals surface area contributed by atoms with Crippen LogP contribution in [0.15, 0.2) is 29.1 Å². The highest BCUT2D eigenvalue weighted by Crippen LogP contribution is 2.21. The van der Waals surface area contributed by atoms with Crippen LogP contribution in [0.25, 0.3) is 17.0 Å². The fraction of sp³-hybridized carbons (Fsp3) is 0.389. The van der Waals surface area contributed by atoms with E-state index in [0.29, 0.717) is 17.3 Å². The number of hydrogen-bond donors (Lipinski definition) is 0. The van der Waals surface area contributed by atoms with Crippen molar-refractivity contribution >= 4 is 22.9 Å². The lowest BCUT2D eigenvalue weighted by Gasteiger charge is -2.16. The third-order valence-corrected chi connectivity index (χ3v) is 3.91. The molecule has 0 saturated carbocycles. The number of benzene rings is 1. The number of rotatable bonds is 4. The van der Waals surface area contributed by atoms with Crippen LogP contribution in [0.5, 0.6) is 0 Å². The van der Waals surface area contributed by atoms with E-state index in [1.807, 2.05) is 25.1 Å². The third kappa shape index (κ3) is 3.33. The van der Waals surface area contributed by atoms with E-state index in [9.17, 15) is 9.59 Å². The fourth-order valence-electron chi connectivity index (χ4n) is 2.39. The number of carbonyl (C=O) groups excluding carboxylic acids is 1. The Morgan fingerprint density at radius 3 is 2.70 bits per heavy atom. The Morgan fingerprint density at radius 1 is 1.39 bits per heavy atom. The topological polar surface area (TPSA) is 61.2 Å². The lowest BCUT2D eigenvalue weighted by molar-refractivity contribution is -0.148. The average molecular weight is 314 g/mol. The minimum atomic E-state index is -0.710. The van der Waals surface area contributed by atoms with Gasteiger partial charge in [-0.25, -0.2) is 4.98 Å². The van der Waals surface area contributed by atoms with Crippen LogP contribution in [0.2, 0.25) is 0 Å². The molecule has 0 aliphatic carbocycles. The van der Waals surface area contributed by atoms with E-state index in [1.165, 1.54) is 7.11 Å². The van der Waals surface area contributed by atoms with Crippen LogP contribution in [0.3, 0.4) is 0 Å². The average Bonchev–Trinajstić information content (AvgIpc) is 2.55. The standard InChI is InChI=1S/C18H22N2O3/c1-6-15-19-14-11-12(7-8-13(14)16(21)20(15)4)9-10-18(2,3)17(22)23-5/h7-11H,6H2,1-5H3/b10-9+. The van der Waals surface area contributed by atoms with Crippen molar-refractivity contribution in [3.8, 4) is 0 Å². The summed E-state index contributed by atoms with van der Waals surface area (Å²) in [4.78, 5) is 28.6. The first-order chi connectivity index (χ1) is 10.8. The van der Waals surface area contributed by atoms with Crippen molar-refractivity contribution in [3.63, 3.8) is 0 Å². The number of carbonyl (C=O) groups is 1. The smallest absolute Gasteiger partial charge is 0.315 e. The van der Waals surface area contributed by atoms with Crippen molar-refractivity contribution in [1.82, 2.24) is 9.55 Å². The van der Waals surface area contributed by atoms with E-state index in [2.05, 4.69) is 4.98 Å². The van der Waals surface area contributed by atoms with E-state index in [-0.39, 0.29) is 11.5 Å². The van der Waals surface area contributed by atoms with Crippen LogP contribution in [0.1, 0.15) is 32.2 Å². The monoisotopic (exact) mass is 314 g/mol. The van der Waals surface area contributed by atoms with Crippen LogP contribution >= 0.6 is 0 Å². The first-order valence-corrected chi connectivity index (χ1v) is 7.57. The lowest BCUT2D eigenvalue weighted by Crippen LogP contribution is -2.23. The minimum Gasteiger partial charge on any atom is -0.468 e. The van der Waals surface area contributed by atoms with Gasteiger partial charge in [0, 0.05) is 13.5 Å². The summed E-state index contributed by atoms with van der Waals surface area (Å²) in [6.07, 6.45) is 4.33. The largest absolute Gasteiger partial charge is 0.468 e. The molecule has 0 unspecified atom stereocenters. The summed E-state index contributed by atoms with van der Waals surface area (Å²) < 4.78 is 6.37. The van der Waals surface area contributed by atoms with Gasteiger partial charge < -0.3 is 4.74 Å². The zero-order chi connectivity index (χ0) is 17.2. The molecule has 1 aromatic carbocycles. The molecule has 0 N–H and O–H groups in total. The molecule has 122 valence electrons. The number of esters is 1. The van der Waals surface area contributed by atoms with Crippen molar-refractivity contribution < 1.29 is 9.53 Å². The van der Waals surface area contributed by atoms with Gasteiger partial charge in [-0.15, -0.1) is 0 Å². The molecule has 0 aliphatic rings. The third-order valence-electron chi connectivity index (χ3n) is 3.91. The van der Waals surface area contributed by atoms with E-state index in [1.54, 1.807) is 37.6 Å². The Bertz CT molecular complexity index is 832. The Balaban J connectivity index is 2.47. The zero-order valence-corrected chi connectivity index (χ0v) is 14.2. The fourth-order valence-corrected chi connectivity index (χ4v) is 2.39. The summed E-state index contributed by atoms with van der Waals surface area (Å²) in [5.74, 6) is 0.452. The SMILES string of the molecule is CCc1nc2cc(/C=C/C(C)(C)C(=O)OC)ccc2c(=O)n1C. The van der Waals surface area contributed by atoms with Gasteiger partial charge in [-0.2, -0.15) is 0 Å². The highest BCUT2D eigenvalue weighted by Gasteiger charge is 2.24. The molecule has 0 saturated heterocycles. The summed E-state index contributed by atoms with van der Waals surface area (Å²) in [5, 5.41) is 0.592. The molecule has 23 heavy (non-hydrogen) atoms. The van der Waals surface area contributed by atoms with Crippen molar-refractivity contribution in [2.24, 2.45) is 12.5 Å². The Kier molecular flexibility index (Phi) is 4.68. The number of methoxy groups -OCH3 is 1. The molecular formula is C18H22N2O3. The van der Waals surface area contributed by atoms with Gasteiger partial charge in [0.15, 0.2) is 0 Å². The van der Waals surface area contributed by atoms with Gasteiger partial charge >= 0.3 is 5.97 Å². The van der Waals surface area contributed by atoms with Crippen molar-refractivity contribution in [2.75, 3.05) is 7.11 Å². The Morgan fingerprint density at radius 2 is 2.09 bits per heavy atom. The van der Waals surface area contributed by atoms with Crippen LogP contribution in [0.4, 0.5) is 0 Å². The second kappa shape index (κ2) is 6.36. The van der Waals surface area contributed by atoms with Gasteiger partial charge in [0.1, 0.15) is 5.82 Å². The molecule has 0 radical (unpaired) electrons. The predicted octanol–water partition coefficient (Wildman–Crippen LogP) is 2.71. The number of aromatic nitrogens is 2. The molecule has 0 atom stereocenters. The van der Waals surface area contributed by atoms with Gasteiger partial charge in [-0.3, -0.25) is 14.2 Å². The van der Waals surface area contributed by atoms with Gasteiger partial charge in [0.2, 0.25) is 0 Å². The molecular weight excluding hydrogens is 292 g/mol. The molecule has 2 rings (SSSR count). The second-order valence-electron chi connectivity index (χ2n) is 6.07. The molecule has 1 heterocycles. The molecule has 0 aliphatic heterocycles. The van der Waals surface area contributed by atoms with E-state index in [4.69, 9.17) is 4.74 Å². The predicted molar refractivity (Wildman–Crippen MR) is 91.2 cm³/mol. The minimum absolute atomic E-state index is 0.0442. The van der Waals surface area contributed by atoms with Gasteiger partial charge in [0.05, 0.1) is 23.4 Å². The first kappa shape index (κ1) is 16.9. The number of ether oxygens (including phenoxy) is 1. The zero-order valence-electron chi connectivity index (χ0n) is 14.2. The summed E-state index contributed by atoms with van der Waals surface area (Å²) >= 11 is 0. The molecule has 0 spiro atoms. The van der Waals surface area contributed by atoms with Crippen molar-refractivity contribution in [2.45, 2.75) is 27.2 Å². The van der Waals surface area contributed by atoms with E-state index < -0.39 is 5.41 Å². The molecule has 0 fully saturated rings. The summed E-state index contributed by atoms with van der Waals surface area (Å²) in [7, 11) is 3.11. The number of hydrogen-bond acceptors (Lipinski definition) is 4. The van der Waals surface area contributed by atoms with Crippen LogP contribution in [-0.2, 0) is 23.0 Å². The summed E-state index contributed by atoms with van der Waals surface area (Å²) in [6.45, 7) is 5.55. The molecule has 0 amide bonds. The van der Waals surface area contributed by atoms with E-state index in [0.717, 1.165) is 11.4 Å². The highest BCUT2D eigenvalue weighted by atomic mass is 16.5. The van der Waals surface area contributed by atoms with Gasteiger partial charge in [-0.1, -0.05) is 25.1 Å². The molecule has 2 aromatic rings. The van der Waals surface area contributed by atoms with Gasteiger partial charge in [-0.05, 0) is 31.5 Å². The quantitative estimate of drug-likeness (QED) is 0.814.